The summed E-state index contributed by atoms with van der Waals surface area (Å²) >= 11 is 0. The molecule has 1 saturated carbocycles. The van der Waals surface area contributed by atoms with E-state index < -0.39 is 0 Å². The van der Waals surface area contributed by atoms with Crippen LogP contribution in [-0.2, 0) is 5.54 Å². The fourth-order valence-corrected chi connectivity index (χ4v) is 2.05. The Balaban J connectivity index is 1.86. The summed E-state index contributed by atoms with van der Waals surface area (Å²) in [5.41, 5.74) is 1.50. The van der Waals surface area contributed by atoms with E-state index in [2.05, 4.69) is 40.6 Å². The Morgan fingerprint density at radius 3 is 2.31 bits per heavy atom. The molecule has 0 bridgehead atoms. The predicted molar refractivity (Wildman–Crippen MR) is 65.2 cm³/mol. The second-order valence-electron chi connectivity index (χ2n) is 4.29. The number of hydrogen-bond donors (Lipinski definition) is 1. The van der Waals surface area contributed by atoms with Crippen molar-refractivity contribution < 1.29 is 0 Å². The van der Waals surface area contributed by atoms with Gasteiger partial charge in [-0.2, -0.15) is 0 Å². The van der Waals surface area contributed by atoms with Crippen LogP contribution in [-0.4, -0.2) is 4.98 Å². The molecule has 2 aromatic rings. The zero-order valence-electron chi connectivity index (χ0n) is 9.06. The van der Waals surface area contributed by atoms with E-state index in [0.717, 1.165) is 5.82 Å². The molecule has 0 radical (unpaired) electrons. The van der Waals surface area contributed by atoms with Crippen LogP contribution in [0.25, 0.3) is 0 Å². The lowest BCUT2D eigenvalue weighted by atomic mass is 10.1. The number of nitrogens with one attached hydrogen (secondary N) is 1. The van der Waals surface area contributed by atoms with Crippen LogP contribution in [0.1, 0.15) is 18.4 Å². The molecule has 0 spiro atoms. The van der Waals surface area contributed by atoms with Crippen LogP contribution < -0.4 is 5.32 Å². The van der Waals surface area contributed by atoms with Crippen molar-refractivity contribution in [2.24, 2.45) is 0 Å². The van der Waals surface area contributed by atoms with Gasteiger partial charge in [-0.3, -0.25) is 0 Å². The zero-order chi connectivity index (χ0) is 10.8. The van der Waals surface area contributed by atoms with Crippen LogP contribution in [0, 0.1) is 0 Å². The van der Waals surface area contributed by atoms with E-state index in [-0.39, 0.29) is 5.54 Å². The maximum atomic E-state index is 4.32. The summed E-state index contributed by atoms with van der Waals surface area (Å²) in [6.45, 7) is 0. The van der Waals surface area contributed by atoms with Crippen molar-refractivity contribution in [3.8, 4) is 0 Å². The minimum Gasteiger partial charge on any atom is -0.361 e. The second kappa shape index (κ2) is 3.63. The standard InChI is InChI=1S/C14H14N2/c1-2-6-12(7-3-1)14(9-10-14)16-13-8-4-5-11-15-13/h1-8,11H,9-10H2,(H,15,16). The Labute approximate surface area is 95.3 Å². The van der Waals surface area contributed by atoms with Crippen LogP contribution in [0.5, 0.6) is 0 Å². The minimum absolute atomic E-state index is 0.135. The molecule has 1 aromatic heterocycles. The SMILES string of the molecule is c1ccc(C2(Nc3ccccn3)CC2)cc1. The Bertz CT molecular complexity index is 461. The van der Waals surface area contributed by atoms with Gasteiger partial charge in [0, 0.05) is 6.20 Å². The highest BCUT2D eigenvalue weighted by molar-refractivity contribution is 5.45. The molecule has 1 aromatic carbocycles. The quantitative estimate of drug-likeness (QED) is 0.841. The molecule has 2 nitrogen and oxygen atoms in total. The molecule has 0 amide bonds. The van der Waals surface area contributed by atoms with Crippen LogP contribution in [0.3, 0.4) is 0 Å². The van der Waals surface area contributed by atoms with E-state index in [4.69, 9.17) is 0 Å². The molecule has 1 fully saturated rings. The van der Waals surface area contributed by atoms with E-state index >= 15 is 0 Å². The van der Waals surface area contributed by atoms with Gasteiger partial charge in [-0.05, 0) is 30.5 Å². The van der Waals surface area contributed by atoms with Gasteiger partial charge in [0.25, 0.3) is 0 Å². The van der Waals surface area contributed by atoms with Crippen molar-refractivity contribution in [1.29, 1.82) is 0 Å². The molecule has 1 N–H and O–H groups in total. The maximum absolute atomic E-state index is 4.32. The van der Waals surface area contributed by atoms with Gasteiger partial charge in [0.05, 0.1) is 5.54 Å². The van der Waals surface area contributed by atoms with E-state index in [9.17, 15) is 0 Å². The highest BCUT2D eigenvalue weighted by Gasteiger charge is 2.44. The molecule has 1 heterocycles. The lowest BCUT2D eigenvalue weighted by Gasteiger charge is -2.18. The van der Waals surface area contributed by atoms with E-state index in [0.29, 0.717) is 0 Å². The lowest BCUT2D eigenvalue weighted by Crippen LogP contribution is -2.19. The third kappa shape index (κ3) is 1.67. The van der Waals surface area contributed by atoms with E-state index in [1.165, 1.54) is 18.4 Å². The summed E-state index contributed by atoms with van der Waals surface area (Å²) in [6.07, 6.45) is 4.20. The topological polar surface area (TPSA) is 24.9 Å². The number of benzene rings is 1. The van der Waals surface area contributed by atoms with Crippen LogP contribution >= 0.6 is 0 Å². The van der Waals surface area contributed by atoms with Gasteiger partial charge in [-0.1, -0.05) is 36.4 Å². The molecule has 0 aliphatic heterocycles. The highest BCUT2D eigenvalue weighted by Crippen LogP contribution is 2.47. The van der Waals surface area contributed by atoms with Crippen LogP contribution in [0.2, 0.25) is 0 Å². The smallest absolute Gasteiger partial charge is 0.126 e. The lowest BCUT2D eigenvalue weighted by molar-refractivity contribution is 0.800. The summed E-state index contributed by atoms with van der Waals surface area (Å²) in [7, 11) is 0. The predicted octanol–water partition coefficient (Wildman–Crippen LogP) is 3.18. The number of rotatable bonds is 3. The van der Waals surface area contributed by atoms with Gasteiger partial charge >= 0.3 is 0 Å². The molecule has 0 unspecified atom stereocenters. The summed E-state index contributed by atoms with van der Waals surface area (Å²) in [5.74, 6) is 0.962. The molecule has 1 aliphatic rings. The Hall–Kier alpha value is -1.83. The number of anilines is 1. The van der Waals surface area contributed by atoms with Crippen molar-refractivity contribution in [3.63, 3.8) is 0 Å². The molecular weight excluding hydrogens is 196 g/mol. The normalized spacial score (nSPS) is 16.8. The fraction of sp³-hybridized carbons (Fsp3) is 0.214. The van der Waals surface area contributed by atoms with Gasteiger partial charge in [-0.15, -0.1) is 0 Å². The first-order valence-electron chi connectivity index (χ1n) is 5.64. The summed E-state index contributed by atoms with van der Waals surface area (Å²) in [6, 6.07) is 16.6. The van der Waals surface area contributed by atoms with Crippen molar-refractivity contribution in [2.75, 3.05) is 5.32 Å². The zero-order valence-corrected chi connectivity index (χ0v) is 9.06. The summed E-state index contributed by atoms with van der Waals surface area (Å²) < 4.78 is 0. The molecule has 3 rings (SSSR count). The number of hydrogen-bond acceptors (Lipinski definition) is 2. The van der Waals surface area contributed by atoms with Crippen molar-refractivity contribution in [2.45, 2.75) is 18.4 Å². The fourth-order valence-electron chi connectivity index (χ4n) is 2.05. The largest absolute Gasteiger partial charge is 0.361 e. The van der Waals surface area contributed by atoms with Crippen molar-refractivity contribution in [3.05, 3.63) is 60.3 Å². The monoisotopic (exact) mass is 210 g/mol. The Morgan fingerprint density at radius 2 is 1.69 bits per heavy atom. The Kier molecular flexibility index (Phi) is 2.13. The molecule has 16 heavy (non-hydrogen) atoms. The highest BCUT2D eigenvalue weighted by atomic mass is 15.1. The third-order valence-corrected chi connectivity index (χ3v) is 3.11. The molecule has 80 valence electrons. The van der Waals surface area contributed by atoms with Crippen molar-refractivity contribution in [1.82, 2.24) is 4.98 Å². The molecule has 0 saturated heterocycles. The number of nitrogens with zero attached hydrogens (tertiary/aromatic N) is 1. The molecule has 2 heteroatoms. The van der Waals surface area contributed by atoms with Gasteiger partial charge in [-0.25, -0.2) is 4.98 Å². The maximum Gasteiger partial charge on any atom is 0.126 e. The number of aromatic nitrogens is 1. The minimum atomic E-state index is 0.135. The molecule has 0 atom stereocenters. The van der Waals surface area contributed by atoms with Crippen molar-refractivity contribution >= 4 is 5.82 Å². The first-order chi connectivity index (χ1) is 7.89. The first-order valence-corrected chi connectivity index (χ1v) is 5.64. The van der Waals surface area contributed by atoms with Crippen LogP contribution in [0.4, 0.5) is 5.82 Å². The second-order valence-corrected chi connectivity index (χ2v) is 4.29. The van der Waals surface area contributed by atoms with Gasteiger partial charge in [0.15, 0.2) is 0 Å². The van der Waals surface area contributed by atoms with Crippen LogP contribution in [0.15, 0.2) is 54.7 Å². The summed E-state index contributed by atoms with van der Waals surface area (Å²) in [4.78, 5) is 4.32. The Morgan fingerprint density at radius 1 is 0.938 bits per heavy atom. The van der Waals surface area contributed by atoms with Gasteiger partial charge < -0.3 is 5.32 Å². The first kappa shape index (κ1) is 9.40. The number of pyridine rings is 1. The third-order valence-electron chi connectivity index (χ3n) is 3.11. The van der Waals surface area contributed by atoms with E-state index in [1.54, 1.807) is 0 Å². The summed E-state index contributed by atoms with van der Waals surface area (Å²) in [5, 5.41) is 3.53. The average molecular weight is 210 g/mol. The average Bonchev–Trinajstić information content (AvgIpc) is 3.13. The molecule has 1 aliphatic carbocycles. The van der Waals surface area contributed by atoms with Gasteiger partial charge in [0.2, 0.25) is 0 Å². The molecular formula is C14H14N2. The van der Waals surface area contributed by atoms with E-state index in [1.807, 2.05) is 24.4 Å². The van der Waals surface area contributed by atoms with Gasteiger partial charge in [0.1, 0.15) is 5.82 Å².